The van der Waals surface area contributed by atoms with Crippen molar-refractivity contribution in [1.82, 2.24) is 14.3 Å². The lowest BCUT2D eigenvalue weighted by atomic mass is 10.3. The van der Waals surface area contributed by atoms with E-state index in [0.717, 1.165) is 0 Å². The maximum Gasteiger partial charge on any atom is 0.248 e. The molecule has 0 amide bonds. The van der Waals surface area contributed by atoms with Crippen LogP contribution in [0.4, 0.5) is 17.2 Å². The van der Waals surface area contributed by atoms with Crippen molar-refractivity contribution in [3.05, 3.63) is 54.9 Å². The number of aromatic nitrogens is 2. The van der Waals surface area contributed by atoms with Gasteiger partial charge in [-0.25, -0.2) is 13.4 Å². The summed E-state index contributed by atoms with van der Waals surface area (Å²) in [4.78, 5) is 8.47. The van der Waals surface area contributed by atoms with E-state index in [1.54, 1.807) is 69.5 Å². The summed E-state index contributed by atoms with van der Waals surface area (Å²) in [6.45, 7) is 4.43. The molecule has 0 saturated heterocycles. The molecule has 0 aliphatic carbocycles. The molecular formula is C21H25N5O4S. The highest BCUT2D eigenvalue weighted by Crippen LogP contribution is 2.31. The summed E-state index contributed by atoms with van der Waals surface area (Å²) >= 11 is 0. The average molecular weight is 444 g/mol. The molecule has 0 fully saturated rings. The average Bonchev–Trinajstić information content (AvgIpc) is 2.78. The number of hydrogen-bond donors (Lipinski definition) is 2. The zero-order valence-corrected chi connectivity index (χ0v) is 18.4. The molecule has 1 heterocycles. The lowest BCUT2D eigenvalue weighted by Gasteiger charge is -2.18. The second kappa shape index (κ2) is 9.63. The van der Waals surface area contributed by atoms with Crippen LogP contribution < -0.4 is 20.5 Å². The Morgan fingerprint density at radius 1 is 0.968 bits per heavy atom. The summed E-state index contributed by atoms with van der Waals surface area (Å²) in [5.41, 5.74) is 7.02. The smallest absolute Gasteiger partial charge is 0.248 e. The van der Waals surface area contributed by atoms with Gasteiger partial charge in [-0.2, -0.15) is 9.29 Å². The Hall–Kier alpha value is -3.37. The van der Waals surface area contributed by atoms with Crippen molar-refractivity contribution in [3.63, 3.8) is 0 Å². The van der Waals surface area contributed by atoms with Crippen molar-refractivity contribution in [1.29, 1.82) is 0 Å². The molecule has 0 spiro atoms. The number of anilines is 3. The second-order valence-corrected chi connectivity index (χ2v) is 8.40. The van der Waals surface area contributed by atoms with Crippen molar-refractivity contribution in [2.45, 2.75) is 18.7 Å². The van der Waals surface area contributed by atoms with Crippen LogP contribution in [-0.2, 0) is 10.0 Å². The normalized spacial score (nSPS) is 11.4. The number of nitrogens with one attached hydrogen (secondary N) is 1. The third-order valence-electron chi connectivity index (χ3n) is 4.58. The van der Waals surface area contributed by atoms with Gasteiger partial charge in [-0.3, -0.25) is 0 Å². The van der Waals surface area contributed by atoms with Gasteiger partial charge in [0.2, 0.25) is 15.9 Å². The molecule has 0 atom stereocenters. The molecule has 0 saturated carbocycles. The molecule has 0 aliphatic rings. The Balaban J connectivity index is 1.77. The van der Waals surface area contributed by atoms with Crippen LogP contribution in [0.2, 0.25) is 0 Å². The molecule has 3 aromatic rings. The van der Waals surface area contributed by atoms with E-state index in [4.69, 9.17) is 15.2 Å². The number of sulfonamides is 1. The van der Waals surface area contributed by atoms with Gasteiger partial charge in [-0.1, -0.05) is 13.8 Å². The van der Waals surface area contributed by atoms with Gasteiger partial charge in [0, 0.05) is 18.8 Å². The number of nitrogens with two attached hydrogens (primary N) is 1. The molecule has 9 nitrogen and oxygen atoms in total. The zero-order valence-electron chi connectivity index (χ0n) is 17.6. The molecule has 0 bridgehead atoms. The number of ether oxygens (including phenoxy) is 2. The first-order chi connectivity index (χ1) is 14.9. The molecule has 31 heavy (non-hydrogen) atoms. The van der Waals surface area contributed by atoms with Gasteiger partial charge in [-0.15, -0.1) is 0 Å². The molecule has 10 heteroatoms. The fourth-order valence-corrected chi connectivity index (χ4v) is 4.33. The van der Waals surface area contributed by atoms with Crippen LogP contribution in [0.15, 0.2) is 59.8 Å². The molecule has 3 N–H and O–H groups in total. The SMILES string of the molecule is CCN(CC)S(=O)(=O)c1ccc(Nc2ncnc(Oc3ccc(OC)cc3)c2N)cc1. The van der Waals surface area contributed by atoms with Gasteiger partial charge in [0.1, 0.15) is 23.5 Å². The van der Waals surface area contributed by atoms with Crippen LogP contribution in [0.25, 0.3) is 0 Å². The predicted molar refractivity (Wildman–Crippen MR) is 119 cm³/mol. The van der Waals surface area contributed by atoms with E-state index in [2.05, 4.69) is 15.3 Å². The van der Waals surface area contributed by atoms with Crippen LogP contribution in [0.1, 0.15) is 13.8 Å². The van der Waals surface area contributed by atoms with Gasteiger partial charge in [0.15, 0.2) is 5.82 Å². The number of nitrogen functional groups attached to an aromatic ring is 1. The Kier molecular flexibility index (Phi) is 6.93. The van der Waals surface area contributed by atoms with Crippen molar-refractivity contribution in [2.75, 3.05) is 31.2 Å². The third kappa shape index (κ3) is 5.04. The predicted octanol–water partition coefficient (Wildman–Crippen LogP) is 3.63. The molecule has 0 radical (unpaired) electrons. The molecule has 2 aromatic carbocycles. The molecule has 3 rings (SSSR count). The monoisotopic (exact) mass is 443 g/mol. The van der Waals surface area contributed by atoms with Gasteiger partial charge in [0.25, 0.3) is 0 Å². The molecule has 0 unspecified atom stereocenters. The highest BCUT2D eigenvalue weighted by Gasteiger charge is 2.21. The number of hydrogen-bond acceptors (Lipinski definition) is 8. The van der Waals surface area contributed by atoms with Crippen molar-refractivity contribution in [2.24, 2.45) is 0 Å². The minimum Gasteiger partial charge on any atom is -0.497 e. The van der Waals surface area contributed by atoms with Crippen molar-refractivity contribution >= 4 is 27.2 Å². The second-order valence-electron chi connectivity index (χ2n) is 6.46. The van der Waals surface area contributed by atoms with Crippen LogP contribution in [0.5, 0.6) is 17.4 Å². The molecule has 164 valence electrons. The summed E-state index contributed by atoms with van der Waals surface area (Å²) in [6, 6.07) is 13.4. The highest BCUT2D eigenvalue weighted by molar-refractivity contribution is 7.89. The Morgan fingerprint density at radius 3 is 2.16 bits per heavy atom. The molecule has 0 aliphatic heterocycles. The number of rotatable bonds is 9. The lowest BCUT2D eigenvalue weighted by Crippen LogP contribution is -2.30. The Labute approximate surface area is 181 Å². The summed E-state index contributed by atoms with van der Waals surface area (Å²) in [5.74, 6) is 1.79. The Bertz CT molecular complexity index is 1120. The van der Waals surface area contributed by atoms with E-state index in [9.17, 15) is 8.42 Å². The number of nitrogens with zero attached hydrogens (tertiary/aromatic N) is 3. The topological polar surface area (TPSA) is 120 Å². The van der Waals surface area contributed by atoms with Gasteiger partial charge >= 0.3 is 0 Å². The van der Waals surface area contributed by atoms with E-state index in [1.165, 1.54) is 10.6 Å². The van der Waals surface area contributed by atoms with Crippen LogP contribution in [0.3, 0.4) is 0 Å². The van der Waals surface area contributed by atoms with Crippen LogP contribution >= 0.6 is 0 Å². The summed E-state index contributed by atoms with van der Waals surface area (Å²) in [7, 11) is -1.93. The summed E-state index contributed by atoms with van der Waals surface area (Å²) in [6.07, 6.45) is 1.33. The fraction of sp³-hybridized carbons (Fsp3) is 0.238. The van der Waals surface area contributed by atoms with Crippen LogP contribution in [-0.4, -0.2) is 42.9 Å². The number of benzene rings is 2. The van der Waals surface area contributed by atoms with Gasteiger partial charge in [0.05, 0.1) is 12.0 Å². The van der Waals surface area contributed by atoms with Gasteiger partial charge in [-0.05, 0) is 48.5 Å². The first-order valence-corrected chi connectivity index (χ1v) is 11.1. The van der Waals surface area contributed by atoms with E-state index >= 15 is 0 Å². The van der Waals surface area contributed by atoms with Crippen molar-refractivity contribution in [3.8, 4) is 17.4 Å². The third-order valence-corrected chi connectivity index (χ3v) is 6.65. The standard InChI is InChI=1S/C21H25N5O4S/c1-4-26(5-2)31(27,28)18-12-6-15(7-13-18)25-20-19(22)21(24-14-23-20)30-17-10-8-16(29-3)9-11-17/h6-14H,4-5,22H2,1-3H3,(H,23,24,25). The minimum atomic E-state index is -3.52. The largest absolute Gasteiger partial charge is 0.497 e. The maximum atomic E-state index is 12.6. The first kappa shape index (κ1) is 22.3. The highest BCUT2D eigenvalue weighted by atomic mass is 32.2. The van der Waals surface area contributed by atoms with Crippen molar-refractivity contribution < 1.29 is 17.9 Å². The molecule has 1 aromatic heterocycles. The fourth-order valence-electron chi connectivity index (χ4n) is 2.88. The zero-order chi connectivity index (χ0) is 22.4. The van der Waals surface area contributed by atoms with Gasteiger partial charge < -0.3 is 20.5 Å². The quantitative estimate of drug-likeness (QED) is 0.514. The summed E-state index contributed by atoms with van der Waals surface area (Å²) in [5, 5.41) is 3.07. The summed E-state index contributed by atoms with van der Waals surface area (Å²) < 4.78 is 37.5. The molecular weight excluding hydrogens is 418 g/mol. The van der Waals surface area contributed by atoms with E-state index in [0.29, 0.717) is 36.1 Å². The maximum absolute atomic E-state index is 12.6. The van der Waals surface area contributed by atoms with E-state index in [1.807, 2.05) is 0 Å². The minimum absolute atomic E-state index is 0.198. The van der Waals surface area contributed by atoms with Crippen LogP contribution in [0, 0.1) is 0 Å². The first-order valence-electron chi connectivity index (χ1n) is 9.68. The van der Waals surface area contributed by atoms with E-state index < -0.39 is 10.0 Å². The lowest BCUT2D eigenvalue weighted by molar-refractivity contribution is 0.412. The number of methoxy groups -OCH3 is 1. The Morgan fingerprint density at radius 2 is 1.58 bits per heavy atom. The van der Waals surface area contributed by atoms with E-state index in [-0.39, 0.29) is 16.5 Å².